The number of nitrogens with one attached hydrogen (secondary N) is 1. The topological polar surface area (TPSA) is 29.1 Å². The predicted molar refractivity (Wildman–Crippen MR) is 69.3 cm³/mol. The second-order valence-electron chi connectivity index (χ2n) is 4.49. The van der Waals surface area contributed by atoms with Crippen molar-refractivity contribution in [3.8, 4) is 0 Å². The van der Waals surface area contributed by atoms with Gasteiger partial charge in [-0.05, 0) is 25.2 Å². The fourth-order valence-corrected chi connectivity index (χ4v) is 2.52. The summed E-state index contributed by atoms with van der Waals surface area (Å²) in [4.78, 5) is 12.1. The van der Waals surface area contributed by atoms with Gasteiger partial charge in [0, 0.05) is 17.3 Å². The Morgan fingerprint density at radius 3 is 2.20 bits per heavy atom. The number of carbonyl (C=O) groups excluding carboxylic acids is 1. The Morgan fingerprint density at radius 1 is 1.27 bits per heavy atom. The van der Waals surface area contributed by atoms with Gasteiger partial charge in [-0.15, -0.1) is 0 Å². The first kappa shape index (κ1) is 14.9. The van der Waals surface area contributed by atoms with E-state index in [1.165, 1.54) is 0 Å². The van der Waals surface area contributed by atoms with Gasteiger partial charge in [-0.25, -0.2) is 0 Å². The summed E-state index contributed by atoms with van der Waals surface area (Å²) in [6.07, 6.45) is 2.96. The molecule has 0 saturated heterocycles. The van der Waals surface area contributed by atoms with E-state index in [-0.39, 0.29) is 11.8 Å². The summed E-state index contributed by atoms with van der Waals surface area (Å²) >= 11 is 3.59. The minimum Gasteiger partial charge on any atom is -0.355 e. The summed E-state index contributed by atoms with van der Waals surface area (Å²) in [5.41, 5.74) is 0. The quantitative estimate of drug-likeness (QED) is 0.711. The lowest BCUT2D eigenvalue weighted by Gasteiger charge is -2.16. The third-order valence-corrected chi connectivity index (χ3v) is 3.28. The van der Waals surface area contributed by atoms with Crippen LogP contribution in [-0.2, 0) is 4.79 Å². The molecule has 3 heteroatoms. The first-order valence-electron chi connectivity index (χ1n) is 5.92. The van der Waals surface area contributed by atoms with Gasteiger partial charge in [0.15, 0.2) is 0 Å². The molecule has 0 bridgehead atoms. The van der Waals surface area contributed by atoms with E-state index < -0.39 is 0 Å². The Balaban J connectivity index is 3.79. The molecule has 0 aliphatic rings. The molecule has 0 aromatic heterocycles. The molecule has 1 unspecified atom stereocenters. The van der Waals surface area contributed by atoms with Crippen molar-refractivity contribution in [2.75, 3.05) is 6.54 Å². The van der Waals surface area contributed by atoms with Crippen molar-refractivity contribution in [3.63, 3.8) is 0 Å². The number of halogens is 1. The van der Waals surface area contributed by atoms with Crippen LogP contribution in [0.25, 0.3) is 0 Å². The van der Waals surface area contributed by atoms with Crippen molar-refractivity contribution in [1.82, 2.24) is 5.32 Å². The highest BCUT2D eigenvalue weighted by Crippen LogP contribution is 2.12. The van der Waals surface area contributed by atoms with Crippen LogP contribution < -0.4 is 5.32 Å². The lowest BCUT2D eigenvalue weighted by molar-refractivity contribution is -0.125. The molecule has 0 spiro atoms. The van der Waals surface area contributed by atoms with Crippen molar-refractivity contribution in [3.05, 3.63) is 0 Å². The molecule has 0 saturated carbocycles. The molecular formula is C12H24BrNO. The number of alkyl halides is 1. The zero-order chi connectivity index (χ0) is 11.8. The molecule has 0 aromatic rings. The molecule has 1 atom stereocenters. The van der Waals surface area contributed by atoms with Crippen molar-refractivity contribution in [1.29, 1.82) is 0 Å². The molecule has 15 heavy (non-hydrogen) atoms. The fourth-order valence-electron chi connectivity index (χ4n) is 1.61. The van der Waals surface area contributed by atoms with Crippen molar-refractivity contribution >= 4 is 21.8 Å². The van der Waals surface area contributed by atoms with Crippen LogP contribution in [0.4, 0.5) is 0 Å². The van der Waals surface area contributed by atoms with Gasteiger partial charge in [-0.1, -0.05) is 43.6 Å². The van der Waals surface area contributed by atoms with E-state index in [2.05, 4.69) is 48.9 Å². The van der Waals surface area contributed by atoms with Crippen LogP contribution in [0.3, 0.4) is 0 Å². The molecule has 0 heterocycles. The number of carbonyl (C=O) groups is 1. The van der Waals surface area contributed by atoms with E-state index in [1.54, 1.807) is 0 Å². The van der Waals surface area contributed by atoms with E-state index in [0.717, 1.165) is 25.8 Å². The first-order valence-corrected chi connectivity index (χ1v) is 6.84. The van der Waals surface area contributed by atoms with Gasteiger partial charge in [0.25, 0.3) is 0 Å². The minimum atomic E-state index is 0.184. The van der Waals surface area contributed by atoms with Gasteiger partial charge in [0.2, 0.25) is 5.91 Å². The van der Waals surface area contributed by atoms with E-state index in [9.17, 15) is 4.79 Å². The van der Waals surface area contributed by atoms with Crippen LogP contribution in [0, 0.1) is 11.8 Å². The van der Waals surface area contributed by atoms with Crippen LogP contribution in [-0.4, -0.2) is 17.3 Å². The van der Waals surface area contributed by atoms with Crippen molar-refractivity contribution in [2.45, 2.75) is 51.8 Å². The average molecular weight is 278 g/mol. The number of amides is 1. The normalized spacial score (nSPS) is 13.3. The Bertz CT molecular complexity index is 178. The average Bonchev–Trinajstić information content (AvgIpc) is 2.15. The zero-order valence-electron chi connectivity index (χ0n) is 10.3. The number of rotatable bonds is 7. The summed E-state index contributed by atoms with van der Waals surface area (Å²) in [6, 6.07) is 0. The van der Waals surface area contributed by atoms with Crippen molar-refractivity contribution < 1.29 is 4.79 Å². The standard InChI is InChI=1S/C12H24BrNO/c1-5-10(6-2)12(15)14-8-11(13)7-9(3)4/h9-11H,5-8H2,1-4H3,(H,14,15). The third kappa shape index (κ3) is 6.93. The van der Waals surface area contributed by atoms with Gasteiger partial charge in [0.05, 0.1) is 0 Å². The lowest BCUT2D eigenvalue weighted by atomic mass is 10.0. The number of hydrogen-bond donors (Lipinski definition) is 1. The maximum absolute atomic E-state index is 11.7. The Kier molecular flexibility index (Phi) is 8.12. The highest BCUT2D eigenvalue weighted by atomic mass is 79.9. The highest BCUT2D eigenvalue weighted by molar-refractivity contribution is 9.09. The van der Waals surface area contributed by atoms with Gasteiger partial charge in [0.1, 0.15) is 0 Å². The summed E-state index contributed by atoms with van der Waals surface area (Å²) in [7, 11) is 0. The molecule has 0 aliphatic carbocycles. The number of hydrogen-bond acceptors (Lipinski definition) is 1. The molecule has 0 fully saturated rings. The Labute approximate surface area is 102 Å². The maximum Gasteiger partial charge on any atom is 0.223 e. The lowest BCUT2D eigenvalue weighted by Crippen LogP contribution is -2.34. The molecule has 0 radical (unpaired) electrons. The van der Waals surface area contributed by atoms with Crippen LogP contribution >= 0.6 is 15.9 Å². The molecule has 0 rings (SSSR count). The fraction of sp³-hybridized carbons (Fsp3) is 0.917. The summed E-state index contributed by atoms with van der Waals surface area (Å²) < 4.78 is 0. The smallest absolute Gasteiger partial charge is 0.223 e. The van der Waals surface area contributed by atoms with E-state index in [1.807, 2.05) is 0 Å². The second kappa shape index (κ2) is 8.14. The van der Waals surface area contributed by atoms with Crippen LogP contribution in [0.2, 0.25) is 0 Å². The van der Waals surface area contributed by atoms with E-state index >= 15 is 0 Å². The largest absolute Gasteiger partial charge is 0.355 e. The Hall–Kier alpha value is -0.0500. The SMILES string of the molecule is CCC(CC)C(=O)NCC(Br)CC(C)C. The maximum atomic E-state index is 11.7. The molecule has 0 aliphatic heterocycles. The highest BCUT2D eigenvalue weighted by Gasteiger charge is 2.15. The van der Waals surface area contributed by atoms with Gasteiger partial charge in [-0.2, -0.15) is 0 Å². The summed E-state index contributed by atoms with van der Waals surface area (Å²) in [6.45, 7) is 9.25. The molecule has 90 valence electrons. The van der Waals surface area contributed by atoms with Gasteiger partial charge >= 0.3 is 0 Å². The Morgan fingerprint density at radius 2 is 1.80 bits per heavy atom. The third-order valence-electron chi connectivity index (χ3n) is 2.58. The molecule has 0 aromatic carbocycles. The van der Waals surface area contributed by atoms with Crippen LogP contribution in [0.5, 0.6) is 0 Å². The van der Waals surface area contributed by atoms with Gasteiger partial charge < -0.3 is 5.32 Å². The van der Waals surface area contributed by atoms with E-state index in [0.29, 0.717) is 10.7 Å². The second-order valence-corrected chi connectivity index (χ2v) is 5.78. The van der Waals surface area contributed by atoms with Crippen LogP contribution in [0.15, 0.2) is 0 Å². The predicted octanol–water partition coefficient (Wildman–Crippen LogP) is 3.35. The minimum absolute atomic E-state index is 0.184. The molecule has 1 amide bonds. The van der Waals surface area contributed by atoms with E-state index in [4.69, 9.17) is 0 Å². The summed E-state index contributed by atoms with van der Waals surface area (Å²) in [5.74, 6) is 1.05. The summed E-state index contributed by atoms with van der Waals surface area (Å²) in [5, 5.41) is 3.00. The molecule has 1 N–H and O–H groups in total. The van der Waals surface area contributed by atoms with Gasteiger partial charge in [-0.3, -0.25) is 4.79 Å². The van der Waals surface area contributed by atoms with Crippen LogP contribution in [0.1, 0.15) is 47.0 Å². The molecule has 2 nitrogen and oxygen atoms in total. The zero-order valence-corrected chi connectivity index (χ0v) is 11.9. The first-order chi connectivity index (χ1) is 7.01. The molecular weight excluding hydrogens is 254 g/mol. The monoisotopic (exact) mass is 277 g/mol. The van der Waals surface area contributed by atoms with Crippen molar-refractivity contribution in [2.24, 2.45) is 11.8 Å².